The van der Waals surface area contributed by atoms with Gasteiger partial charge in [0.15, 0.2) is 0 Å². The van der Waals surface area contributed by atoms with Gasteiger partial charge in [-0.3, -0.25) is 0 Å². The molecule has 82 valence electrons. The Kier molecular flexibility index (Phi) is 3.75. The van der Waals surface area contributed by atoms with Crippen LogP contribution >= 0.6 is 0 Å². The third-order valence-corrected chi connectivity index (χ3v) is 2.27. The summed E-state index contributed by atoms with van der Waals surface area (Å²) in [5, 5.41) is 2.83. The van der Waals surface area contributed by atoms with Crippen LogP contribution in [0.2, 0.25) is 0 Å². The van der Waals surface area contributed by atoms with Crippen molar-refractivity contribution in [3.8, 4) is 0 Å². The topological polar surface area (TPSA) is 41.6 Å². The van der Waals surface area contributed by atoms with Gasteiger partial charge in [0.05, 0.1) is 12.1 Å². The van der Waals surface area contributed by atoms with E-state index in [4.69, 9.17) is 4.74 Å². The molecule has 0 aliphatic carbocycles. The number of nitrogens with zero attached hydrogens (tertiary/aromatic N) is 1. The zero-order chi connectivity index (χ0) is 10.6. The molecule has 0 bridgehead atoms. The number of nitrogens with one attached hydrogen (secondary N) is 1. The average molecular weight is 200 g/mol. The van der Waals surface area contributed by atoms with E-state index in [0.29, 0.717) is 13.2 Å². The van der Waals surface area contributed by atoms with Gasteiger partial charge in [-0.2, -0.15) is 0 Å². The van der Waals surface area contributed by atoms with E-state index in [-0.39, 0.29) is 11.6 Å². The summed E-state index contributed by atoms with van der Waals surface area (Å²) in [5.74, 6) is 0. The highest BCUT2D eigenvalue weighted by Gasteiger charge is 2.26. The number of hydrogen-bond donors (Lipinski definition) is 1. The van der Waals surface area contributed by atoms with Gasteiger partial charge in [0.2, 0.25) is 0 Å². The van der Waals surface area contributed by atoms with E-state index in [9.17, 15) is 4.79 Å². The first-order valence-electron chi connectivity index (χ1n) is 5.22. The summed E-state index contributed by atoms with van der Waals surface area (Å²) in [4.78, 5) is 13.3. The highest BCUT2D eigenvalue weighted by molar-refractivity contribution is 5.74. The summed E-state index contributed by atoms with van der Waals surface area (Å²) in [6, 6.07) is 0.0315. The first-order chi connectivity index (χ1) is 6.55. The molecule has 4 nitrogen and oxygen atoms in total. The van der Waals surface area contributed by atoms with Crippen molar-refractivity contribution < 1.29 is 9.53 Å². The number of urea groups is 1. The second-order valence-electron chi connectivity index (χ2n) is 4.20. The highest BCUT2D eigenvalue weighted by Crippen LogP contribution is 2.13. The third kappa shape index (κ3) is 3.18. The molecule has 0 saturated carbocycles. The third-order valence-electron chi connectivity index (χ3n) is 2.27. The fraction of sp³-hybridized carbons (Fsp3) is 0.900. The summed E-state index contributed by atoms with van der Waals surface area (Å²) < 4.78 is 5.56. The number of ether oxygens (including phenoxy) is 1. The summed E-state index contributed by atoms with van der Waals surface area (Å²) in [5.41, 5.74) is -0.247. The molecule has 1 heterocycles. The summed E-state index contributed by atoms with van der Waals surface area (Å²) in [6.07, 6.45) is 1.02. The fourth-order valence-corrected chi connectivity index (χ4v) is 1.73. The number of amides is 2. The first-order valence-corrected chi connectivity index (χ1v) is 5.22. The predicted molar refractivity (Wildman–Crippen MR) is 55.3 cm³/mol. The van der Waals surface area contributed by atoms with Crippen molar-refractivity contribution in [1.29, 1.82) is 0 Å². The minimum absolute atomic E-state index is 0.0315. The largest absolute Gasteiger partial charge is 0.374 e. The van der Waals surface area contributed by atoms with Crippen molar-refractivity contribution in [3.05, 3.63) is 0 Å². The molecule has 0 aromatic heterocycles. The Balaban J connectivity index is 2.45. The Morgan fingerprint density at radius 2 is 2.29 bits per heavy atom. The minimum Gasteiger partial charge on any atom is -0.374 e. The Morgan fingerprint density at radius 1 is 1.57 bits per heavy atom. The molecule has 1 N–H and O–H groups in total. The Bertz CT molecular complexity index is 204. The number of carbonyl (C=O) groups is 1. The average Bonchev–Trinajstić information content (AvgIpc) is 2.08. The van der Waals surface area contributed by atoms with Crippen molar-refractivity contribution in [2.24, 2.45) is 0 Å². The maximum Gasteiger partial charge on any atom is 0.317 e. The SMILES string of the molecule is CCOC(C)(C)CN1CCCNC1=O. The number of hydrogen-bond acceptors (Lipinski definition) is 2. The zero-order valence-electron chi connectivity index (χ0n) is 9.30. The van der Waals surface area contributed by atoms with Crippen molar-refractivity contribution in [3.63, 3.8) is 0 Å². The van der Waals surface area contributed by atoms with E-state index in [0.717, 1.165) is 19.5 Å². The van der Waals surface area contributed by atoms with Crippen LogP contribution in [0.3, 0.4) is 0 Å². The Labute approximate surface area is 85.6 Å². The monoisotopic (exact) mass is 200 g/mol. The van der Waals surface area contributed by atoms with Crippen LogP contribution in [0.1, 0.15) is 27.2 Å². The van der Waals surface area contributed by atoms with Crippen LogP contribution in [-0.4, -0.2) is 42.8 Å². The number of carbonyl (C=O) groups excluding carboxylic acids is 1. The second kappa shape index (κ2) is 4.64. The summed E-state index contributed by atoms with van der Waals surface area (Å²) >= 11 is 0. The Hall–Kier alpha value is -0.770. The second-order valence-corrected chi connectivity index (χ2v) is 4.20. The maximum absolute atomic E-state index is 11.4. The molecular weight excluding hydrogens is 180 g/mol. The van der Waals surface area contributed by atoms with E-state index < -0.39 is 0 Å². The Morgan fingerprint density at radius 3 is 2.86 bits per heavy atom. The maximum atomic E-state index is 11.4. The molecule has 4 heteroatoms. The van der Waals surface area contributed by atoms with Gasteiger partial charge in [0.25, 0.3) is 0 Å². The molecule has 0 aromatic rings. The molecule has 0 radical (unpaired) electrons. The van der Waals surface area contributed by atoms with E-state index in [2.05, 4.69) is 5.32 Å². The molecule has 14 heavy (non-hydrogen) atoms. The lowest BCUT2D eigenvalue weighted by Gasteiger charge is -2.34. The molecular formula is C10H20N2O2. The predicted octanol–water partition coefficient (Wildman–Crippen LogP) is 1.22. The van der Waals surface area contributed by atoms with Gasteiger partial charge in [-0.05, 0) is 27.2 Å². The summed E-state index contributed by atoms with van der Waals surface area (Å²) in [7, 11) is 0. The quantitative estimate of drug-likeness (QED) is 0.741. The molecule has 0 spiro atoms. The van der Waals surface area contributed by atoms with Crippen molar-refractivity contribution >= 4 is 6.03 Å². The summed E-state index contributed by atoms with van der Waals surface area (Å²) in [6.45, 7) is 8.97. The van der Waals surface area contributed by atoms with Gasteiger partial charge in [-0.15, -0.1) is 0 Å². The van der Waals surface area contributed by atoms with E-state index in [1.165, 1.54) is 0 Å². The lowest BCUT2D eigenvalue weighted by Crippen LogP contribution is -2.51. The van der Waals surface area contributed by atoms with Crippen molar-refractivity contribution in [1.82, 2.24) is 10.2 Å². The van der Waals surface area contributed by atoms with Crippen LogP contribution < -0.4 is 5.32 Å². The van der Waals surface area contributed by atoms with E-state index in [1.807, 2.05) is 25.7 Å². The van der Waals surface area contributed by atoms with Crippen LogP contribution in [-0.2, 0) is 4.74 Å². The molecule has 0 unspecified atom stereocenters. The molecule has 1 rings (SSSR count). The van der Waals surface area contributed by atoms with Crippen LogP contribution in [0.25, 0.3) is 0 Å². The zero-order valence-corrected chi connectivity index (χ0v) is 9.30. The van der Waals surface area contributed by atoms with Crippen LogP contribution in [0.5, 0.6) is 0 Å². The van der Waals surface area contributed by atoms with Crippen molar-refractivity contribution in [2.45, 2.75) is 32.8 Å². The van der Waals surface area contributed by atoms with E-state index in [1.54, 1.807) is 0 Å². The molecule has 1 saturated heterocycles. The van der Waals surface area contributed by atoms with Crippen LogP contribution in [0.15, 0.2) is 0 Å². The minimum atomic E-state index is -0.247. The van der Waals surface area contributed by atoms with Gasteiger partial charge in [0.1, 0.15) is 0 Å². The van der Waals surface area contributed by atoms with Crippen LogP contribution in [0, 0.1) is 0 Å². The molecule has 1 fully saturated rings. The molecule has 1 aliphatic rings. The smallest absolute Gasteiger partial charge is 0.317 e. The number of rotatable bonds is 4. The normalized spacial score (nSPS) is 18.2. The first kappa shape index (κ1) is 11.3. The van der Waals surface area contributed by atoms with Gasteiger partial charge in [0, 0.05) is 19.7 Å². The molecule has 1 aliphatic heterocycles. The fourth-order valence-electron chi connectivity index (χ4n) is 1.73. The molecule has 0 atom stereocenters. The van der Waals surface area contributed by atoms with Gasteiger partial charge < -0.3 is 15.0 Å². The van der Waals surface area contributed by atoms with Gasteiger partial charge >= 0.3 is 6.03 Å². The van der Waals surface area contributed by atoms with Crippen LogP contribution in [0.4, 0.5) is 4.79 Å². The standard InChI is InChI=1S/C10H20N2O2/c1-4-14-10(2,3)8-12-7-5-6-11-9(12)13/h4-8H2,1-3H3,(H,11,13). The lowest BCUT2D eigenvalue weighted by molar-refractivity contribution is -0.0283. The van der Waals surface area contributed by atoms with Crippen molar-refractivity contribution in [2.75, 3.05) is 26.2 Å². The van der Waals surface area contributed by atoms with E-state index >= 15 is 0 Å². The molecule has 0 aromatic carbocycles. The van der Waals surface area contributed by atoms with Gasteiger partial charge in [-0.1, -0.05) is 0 Å². The lowest BCUT2D eigenvalue weighted by atomic mass is 10.1. The van der Waals surface area contributed by atoms with Gasteiger partial charge in [-0.25, -0.2) is 4.79 Å². The molecule has 2 amide bonds. The highest BCUT2D eigenvalue weighted by atomic mass is 16.5.